The second-order valence-corrected chi connectivity index (χ2v) is 2.18. The zero-order valence-corrected chi connectivity index (χ0v) is 5.98. The summed E-state index contributed by atoms with van der Waals surface area (Å²) >= 11 is 0. The predicted octanol–water partition coefficient (Wildman–Crippen LogP) is -2.07. The molecule has 60 valence electrons. The number of nitriles is 1. The fourth-order valence-electron chi connectivity index (χ4n) is 0.774. The van der Waals surface area contributed by atoms with Gasteiger partial charge in [-0.1, -0.05) is 0 Å². The smallest absolute Gasteiger partial charge is 0.423 e. The molecule has 0 aliphatic carbocycles. The zero-order valence-electron chi connectivity index (χ0n) is 5.98. The Kier molecular flexibility index (Phi) is 2.28. The molecule has 3 N–H and O–H groups in total. The minimum Gasteiger partial charge on any atom is -0.423 e. The SMILES string of the molecule is N#Cc1cc(B(O)O)cc(=O)[nH]1. The molecule has 1 rings (SSSR count). The van der Waals surface area contributed by atoms with Gasteiger partial charge in [-0.05, 0) is 11.5 Å². The summed E-state index contributed by atoms with van der Waals surface area (Å²) in [6, 6.07) is 3.91. The molecule has 0 amide bonds. The van der Waals surface area contributed by atoms with Gasteiger partial charge in [-0.2, -0.15) is 5.26 Å². The average Bonchev–Trinajstić information content (AvgIpc) is 2.03. The van der Waals surface area contributed by atoms with Gasteiger partial charge in [-0.15, -0.1) is 0 Å². The Hall–Kier alpha value is -1.58. The third kappa shape index (κ3) is 1.72. The standard InChI is InChI=1S/C6H5BN2O3/c8-3-5-1-4(7(11)12)2-6(10)9-5/h1-2,11-12H,(H,9,10). The van der Waals surface area contributed by atoms with Gasteiger partial charge in [0.25, 0.3) is 0 Å². The highest BCUT2D eigenvalue weighted by Gasteiger charge is 2.12. The van der Waals surface area contributed by atoms with Crippen molar-refractivity contribution < 1.29 is 10.0 Å². The topological polar surface area (TPSA) is 97.1 Å². The van der Waals surface area contributed by atoms with Crippen LogP contribution in [0.25, 0.3) is 0 Å². The fourth-order valence-corrected chi connectivity index (χ4v) is 0.774. The van der Waals surface area contributed by atoms with E-state index < -0.39 is 12.7 Å². The number of hydrogen-bond donors (Lipinski definition) is 3. The molecule has 0 atom stereocenters. The molecule has 0 aromatic carbocycles. The van der Waals surface area contributed by atoms with Crippen molar-refractivity contribution in [2.24, 2.45) is 0 Å². The van der Waals surface area contributed by atoms with Crippen LogP contribution >= 0.6 is 0 Å². The van der Waals surface area contributed by atoms with Crippen LogP contribution in [0.2, 0.25) is 0 Å². The normalized spacial score (nSPS) is 9.08. The van der Waals surface area contributed by atoms with Crippen LogP contribution < -0.4 is 11.0 Å². The van der Waals surface area contributed by atoms with Crippen molar-refractivity contribution in [3.8, 4) is 6.07 Å². The Morgan fingerprint density at radius 2 is 2.17 bits per heavy atom. The third-order valence-electron chi connectivity index (χ3n) is 1.29. The largest absolute Gasteiger partial charge is 0.488 e. The highest BCUT2D eigenvalue weighted by atomic mass is 16.4. The second-order valence-electron chi connectivity index (χ2n) is 2.18. The molecule has 6 heteroatoms. The first-order chi connectivity index (χ1) is 5.63. The molecule has 0 bridgehead atoms. The number of pyridine rings is 1. The second kappa shape index (κ2) is 3.22. The Morgan fingerprint density at radius 3 is 2.67 bits per heavy atom. The van der Waals surface area contributed by atoms with E-state index >= 15 is 0 Å². The number of nitrogens with one attached hydrogen (secondary N) is 1. The van der Waals surface area contributed by atoms with Gasteiger partial charge in [0, 0.05) is 6.07 Å². The lowest BCUT2D eigenvalue weighted by atomic mass is 9.81. The molecule has 0 spiro atoms. The molecule has 1 aromatic rings. The van der Waals surface area contributed by atoms with Crippen molar-refractivity contribution in [2.75, 3.05) is 0 Å². The minimum absolute atomic E-state index is 0.00519. The lowest BCUT2D eigenvalue weighted by molar-refractivity contribution is 0.425. The van der Waals surface area contributed by atoms with E-state index in [1.807, 2.05) is 0 Å². The van der Waals surface area contributed by atoms with Crippen molar-refractivity contribution in [1.82, 2.24) is 4.98 Å². The number of H-pyrrole nitrogens is 1. The maximum atomic E-state index is 10.7. The maximum absolute atomic E-state index is 10.7. The van der Waals surface area contributed by atoms with E-state index in [0.29, 0.717) is 0 Å². The number of hydrogen-bond acceptors (Lipinski definition) is 4. The van der Waals surface area contributed by atoms with Gasteiger partial charge in [-0.3, -0.25) is 4.79 Å². The van der Waals surface area contributed by atoms with Crippen LogP contribution in [0, 0.1) is 11.3 Å². The summed E-state index contributed by atoms with van der Waals surface area (Å²) in [6.45, 7) is 0. The molecule has 1 heterocycles. The van der Waals surface area contributed by atoms with Crippen LogP contribution in [-0.4, -0.2) is 22.2 Å². The summed E-state index contributed by atoms with van der Waals surface area (Å²) in [5.74, 6) is 0. The lowest BCUT2D eigenvalue weighted by Crippen LogP contribution is -2.33. The predicted molar refractivity (Wildman–Crippen MR) is 41.6 cm³/mol. The van der Waals surface area contributed by atoms with Gasteiger partial charge in [0.2, 0.25) is 5.56 Å². The Morgan fingerprint density at radius 1 is 1.50 bits per heavy atom. The van der Waals surface area contributed by atoms with E-state index in [9.17, 15) is 4.79 Å². The Bertz CT molecular complexity index is 379. The van der Waals surface area contributed by atoms with Crippen molar-refractivity contribution >= 4 is 12.6 Å². The highest BCUT2D eigenvalue weighted by molar-refractivity contribution is 6.58. The molecule has 0 saturated carbocycles. The van der Waals surface area contributed by atoms with Crippen molar-refractivity contribution in [3.05, 3.63) is 28.2 Å². The summed E-state index contributed by atoms with van der Waals surface area (Å²) in [7, 11) is -1.72. The molecule has 0 unspecified atom stereocenters. The van der Waals surface area contributed by atoms with Gasteiger partial charge in [-0.25, -0.2) is 0 Å². The number of rotatable bonds is 1. The third-order valence-corrected chi connectivity index (χ3v) is 1.29. The van der Waals surface area contributed by atoms with Crippen LogP contribution in [0.3, 0.4) is 0 Å². The highest BCUT2D eigenvalue weighted by Crippen LogP contribution is 1.84. The fraction of sp³-hybridized carbons (Fsp3) is 0. The lowest BCUT2D eigenvalue weighted by Gasteiger charge is -1.97. The molecule has 12 heavy (non-hydrogen) atoms. The summed E-state index contributed by atoms with van der Waals surface area (Å²) < 4.78 is 0. The van der Waals surface area contributed by atoms with E-state index in [0.717, 1.165) is 6.07 Å². The van der Waals surface area contributed by atoms with Crippen molar-refractivity contribution in [1.29, 1.82) is 5.26 Å². The zero-order chi connectivity index (χ0) is 9.14. The van der Waals surface area contributed by atoms with Crippen LogP contribution in [-0.2, 0) is 0 Å². The van der Waals surface area contributed by atoms with Gasteiger partial charge < -0.3 is 15.0 Å². The molecule has 0 saturated heterocycles. The van der Waals surface area contributed by atoms with E-state index in [1.54, 1.807) is 6.07 Å². The minimum atomic E-state index is -1.72. The number of nitrogens with zero attached hydrogens (tertiary/aromatic N) is 1. The monoisotopic (exact) mass is 164 g/mol. The van der Waals surface area contributed by atoms with Crippen molar-refractivity contribution in [3.63, 3.8) is 0 Å². The van der Waals surface area contributed by atoms with Crippen LogP contribution in [0.4, 0.5) is 0 Å². The van der Waals surface area contributed by atoms with E-state index in [4.69, 9.17) is 15.3 Å². The molecule has 0 radical (unpaired) electrons. The Balaban J connectivity index is 3.27. The Labute approximate surface area is 68.1 Å². The van der Waals surface area contributed by atoms with Gasteiger partial charge in [0.15, 0.2) is 0 Å². The van der Waals surface area contributed by atoms with E-state index in [2.05, 4.69) is 4.98 Å². The average molecular weight is 164 g/mol. The first kappa shape index (κ1) is 8.52. The van der Waals surface area contributed by atoms with Crippen LogP contribution in [0.1, 0.15) is 5.69 Å². The number of aromatic amines is 1. The summed E-state index contributed by atoms with van der Waals surface area (Å²) in [4.78, 5) is 13.0. The molecule has 0 aliphatic rings. The molecule has 0 fully saturated rings. The van der Waals surface area contributed by atoms with Gasteiger partial charge >= 0.3 is 7.12 Å². The van der Waals surface area contributed by atoms with Crippen molar-refractivity contribution in [2.45, 2.75) is 0 Å². The molecule has 0 aliphatic heterocycles. The van der Waals surface area contributed by atoms with E-state index in [1.165, 1.54) is 6.07 Å². The molecule has 1 aromatic heterocycles. The maximum Gasteiger partial charge on any atom is 0.488 e. The van der Waals surface area contributed by atoms with Crippen LogP contribution in [0.15, 0.2) is 16.9 Å². The quantitative estimate of drug-likeness (QED) is 0.415. The number of aromatic nitrogens is 1. The van der Waals surface area contributed by atoms with Gasteiger partial charge in [0.05, 0.1) is 0 Å². The van der Waals surface area contributed by atoms with Gasteiger partial charge in [0.1, 0.15) is 11.8 Å². The van der Waals surface area contributed by atoms with Crippen LogP contribution in [0.5, 0.6) is 0 Å². The molecular formula is C6H5BN2O3. The summed E-state index contributed by atoms with van der Waals surface area (Å²) in [5, 5.41) is 25.7. The summed E-state index contributed by atoms with van der Waals surface area (Å²) in [5.41, 5.74) is -0.516. The molecular weight excluding hydrogens is 159 g/mol. The van der Waals surface area contributed by atoms with E-state index in [-0.39, 0.29) is 11.2 Å². The molecule has 5 nitrogen and oxygen atoms in total. The first-order valence-electron chi connectivity index (χ1n) is 3.14. The summed E-state index contributed by atoms with van der Waals surface area (Å²) in [6.07, 6.45) is 0. The first-order valence-corrected chi connectivity index (χ1v) is 3.14.